The van der Waals surface area contributed by atoms with Gasteiger partial charge in [-0.05, 0) is 42.5 Å². The lowest BCUT2D eigenvalue weighted by molar-refractivity contribution is -0.117. The molecule has 5 rings (SSSR count). The highest BCUT2D eigenvalue weighted by Gasteiger charge is 2.18. The van der Waals surface area contributed by atoms with Crippen molar-refractivity contribution < 1.29 is 13.6 Å². The lowest BCUT2D eigenvalue weighted by Crippen LogP contribution is -2.23. The molecular formula is C26H18N4O3. The summed E-state index contributed by atoms with van der Waals surface area (Å²) in [6, 6.07) is 24.6. The van der Waals surface area contributed by atoms with Gasteiger partial charge in [0.1, 0.15) is 28.7 Å². The highest BCUT2D eigenvalue weighted by Crippen LogP contribution is 2.31. The van der Waals surface area contributed by atoms with Gasteiger partial charge in [0, 0.05) is 17.1 Å². The molecule has 1 N–H and O–H groups in total. The molecule has 0 radical (unpaired) electrons. The quantitative estimate of drug-likeness (QED) is 0.296. The summed E-state index contributed by atoms with van der Waals surface area (Å²) < 4.78 is 12.9. The summed E-state index contributed by atoms with van der Waals surface area (Å²) in [5.41, 5.74) is 2.64. The maximum Gasteiger partial charge on any atom is 0.262 e. The predicted molar refractivity (Wildman–Crippen MR) is 123 cm³/mol. The number of carbonyl (C=O) groups is 1. The number of hydrogen-bond donors (Lipinski definition) is 1. The number of nitrogens with one attached hydrogen (secondary N) is 1. The molecule has 0 aliphatic rings. The Labute approximate surface area is 189 Å². The summed E-state index contributed by atoms with van der Waals surface area (Å²) in [4.78, 5) is 12.6. The van der Waals surface area contributed by atoms with E-state index in [0.717, 1.165) is 16.7 Å². The molecule has 3 aromatic heterocycles. The van der Waals surface area contributed by atoms with Gasteiger partial charge in [0.15, 0.2) is 5.76 Å². The Morgan fingerprint density at radius 2 is 1.91 bits per heavy atom. The fourth-order valence-electron chi connectivity index (χ4n) is 3.48. The number of nitrogens with zero attached hydrogens (tertiary/aromatic N) is 3. The van der Waals surface area contributed by atoms with Gasteiger partial charge in [-0.1, -0.05) is 36.4 Å². The Hall–Kier alpha value is -4.83. The summed E-state index contributed by atoms with van der Waals surface area (Å²) in [5.74, 6) is 0.642. The maximum atomic E-state index is 12.6. The summed E-state index contributed by atoms with van der Waals surface area (Å²) in [7, 11) is 0. The first-order chi connectivity index (χ1) is 16.2. The molecule has 7 heteroatoms. The summed E-state index contributed by atoms with van der Waals surface area (Å²) in [5, 5.41) is 18.0. The molecule has 0 saturated carbocycles. The zero-order valence-electron chi connectivity index (χ0n) is 17.4. The molecular weight excluding hydrogens is 416 g/mol. The number of para-hydroxylation sites is 2. The Balaban J connectivity index is 1.55. The fraction of sp³-hybridized carbons (Fsp3) is 0.0385. The SMILES string of the molecule is N#CC(=Cc1cn(-c2ccccc2)nc1-c1cc2ccccc2o1)C(=O)NCc1ccco1. The van der Waals surface area contributed by atoms with E-state index in [9.17, 15) is 10.1 Å². The highest BCUT2D eigenvalue weighted by molar-refractivity contribution is 6.02. The minimum absolute atomic E-state index is 0.0495. The minimum atomic E-state index is -0.503. The van der Waals surface area contributed by atoms with Crippen LogP contribution in [0.15, 0.2) is 99.7 Å². The molecule has 0 saturated heterocycles. The van der Waals surface area contributed by atoms with Crippen molar-refractivity contribution in [2.24, 2.45) is 0 Å². The van der Waals surface area contributed by atoms with Gasteiger partial charge in [0.2, 0.25) is 0 Å². The molecule has 5 aromatic rings. The molecule has 3 heterocycles. The molecule has 0 atom stereocenters. The molecule has 0 spiro atoms. The van der Waals surface area contributed by atoms with Gasteiger partial charge in [0.05, 0.1) is 18.5 Å². The van der Waals surface area contributed by atoms with Crippen molar-refractivity contribution in [2.75, 3.05) is 0 Å². The topological polar surface area (TPSA) is 97.0 Å². The highest BCUT2D eigenvalue weighted by atomic mass is 16.3. The van der Waals surface area contributed by atoms with Crippen molar-refractivity contribution in [1.82, 2.24) is 15.1 Å². The van der Waals surface area contributed by atoms with Crippen molar-refractivity contribution in [3.8, 4) is 23.2 Å². The van der Waals surface area contributed by atoms with Gasteiger partial charge >= 0.3 is 0 Å². The number of fused-ring (bicyclic) bond motifs is 1. The number of nitriles is 1. The molecule has 0 bridgehead atoms. The zero-order valence-corrected chi connectivity index (χ0v) is 17.4. The average Bonchev–Trinajstić information content (AvgIpc) is 3.60. The number of hydrogen-bond acceptors (Lipinski definition) is 5. The Morgan fingerprint density at radius 3 is 2.67 bits per heavy atom. The van der Waals surface area contributed by atoms with Crippen molar-refractivity contribution in [3.05, 3.63) is 102 Å². The van der Waals surface area contributed by atoms with Crippen LogP contribution < -0.4 is 5.32 Å². The summed E-state index contributed by atoms with van der Waals surface area (Å²) in [6.45, 7) is 0.185. The van der Waals surface area contributed by atoms with Crippen LogP contribution in [-0.4, -0.2) is 15.7 Å². The number of furan rings is 2. The first-order valence-electron chi connectivity index (χ1n) is 10.3. The van der Waals surface area contributed by atoms with E-state index in [1.165, 1.54) is 12.3 Å². The monoisotopic (exact) mass is 434 g/mol. The van der Waals surface area contributed by atoms with Crippen LogP contribution in [-0.2, 0) is 11.3 Å². The van der Waals surface area contributed by atoms with E-state index in [1.54, 1.807) is 23.0 Å². The average molecular weight is 434 g/mol. The number of benzene rings is 2. The molecule has 160 valence electrons. The molecule has 2 aromatic carbocycles. The first-order valence-corrected chi connectivity index (χ1v) is 10.3. The van der Waals surface area contributed by atoms with E-state index >= 15 is 0 Å². The van der Waals surface area contributed by atoms with Gasteiger partial charge in [-0.15, -0.1) is 0 Å². The van der Waals surface area contributed by atoms with E-state index in [1.807, 2.05) is 66.7 Å². The third-order valence-electron chi connectivity index (χ3n) is 5.09. The Morgan fingerprint density at radius 1 is 1.09 bits per heavy atom. The molecule has 0 fully saturated rings. The van der Waals surface area contributed by atoms with Crippen LogP contribution in [0.2, 0.25) is 0 Å². The van der Waals surface area contributed by atoms with Crippen LogP contribution >= 0.6 is 0 Å². The summed E-state index contributed by atoms with van der Waals surface area (Å²) in [6.07, 6.45) is 4.82. The van der Waals surface area contributed by atoms with Gasteiger partial charge in [-0.25, -0.2) is 4.68 Å². The largest absolute Gasteiger partial charge is 0.467 e. The van der Waals surface area contributed by atoms with Crippen LogP contribution in [0.5, 0.6) is 0 Å². The van der Waals surface area contributed by atoms with Crippen molar-refractivity contribution in [1.29, 1.82) is 5.26 Å². The number of rotatable bonds is 6. The van der Waals surface area contributed by atoms with Crippen molar-refractivity contribution >= 4 is 23.0 Å². The van der Waals surface area contributed by atoms with Crippen LogP contribution in [0, 0.1) is 11.3 Å². The van der Waals surface area contributed by atoms with E-state index in [2.05, 4.69) is 5.32 Å². The molecule has 33 heavy (non-hydrogen) atoms. The Bertz CT molecular complexity index is 1450. The smallest absolute Gasteiger partial charge is 0.262 e. The number of amides is 1. The molecule has 7 nitrogen and oxygen atoms in total. The van der Waals surface area contributed by atoms with E-state index in [0.29, 0.717) is 22.8 Å². The standard InChI is InChI=1S/C26H18N4O3/c27-15-19(26(31)28-16-22-10-6-12-32-22)13-20-17-30(21-8-2-1-3-9-21)29-25(20)24-14-18-7-4-5-11-23(18)33-24/h1-14,17H,16H2,(H,28,31). The van der Waals surface area contributed by atoms with Crippen molar-refractivity contribution in [2.45, 2.75) is 6.54 Å². The number of carbonyl (C=O) groups excluding carboxylic acids is 1. The molecule has 0 aliphatic heterocycles. The maximum absolute atomic E-state index is 12.6. The van der Waals surface area contributed by atoms with Gasteiger partial charge in [-0.3, -0.25) is 4.79 Å². The van der Waals surface area contributed by atoms with Crippen LogP contribution in [0.3, 0.4) is 0 Å². The Kier molecular flexibility index (Phi) is 5.32. The van der Waals surface area contributed by atoms with Crippen molar-refractivity contribution in [3.63, 3.8) is 0 Å². The lowest BCUT2D eigenvalue weighted by atomic mass is 10.1. The van der Waals surface area contributed by atoms with E-state index in [4.69, 9.17) is 13.9 Å². The normalized spacial score (nSPS) is 11.4. The zero-order chi connectivity index (χ0) is 22.6. The van der Waals surface area contributed by atoms with Crippen LogP contribution in [0.4, 0.5) is 0 Å². The van der Waals surface area contributed by atoms with E-state index < -0.39 is 5.91 Å². The molecule has 0 unspecified atom stereocenters. The number of aromatic nitrogens is 2. The molecule has 0 aliphatic carbocycles. The van der Waals surface area contributed by atoms with Gasteiger partial charge < -0.3 is 14.2 Å². The first kappa shape index (κ1) is 20.1. The minimum Gasteiger partial charge on any atom is -0.467 e. The lowest BCUT2D eigenvalue weighted by Gasteiger charge is -2.02. The van der Waals surface area contributed by atoms with E-state index in [-0.39, 0.29) is 12.1 Å². The second kappa shape index (κ2) is 8.73. The fourth-order valence-corrected chi connectivity index (χ4v) is 3.48. The van der Waals surface area contributed by atoms with Gasteiger partial charge in [0.25, 0.3) is 5.91 Å². The third kappa shape index (κ3) is 4.18. The van der Waals surface area contributed by atoms with Gasteiger partial charge in [-0.2, -0.15) is 10.4 Å². The second-order valence-electron chi connectivity index (χ2n) is 7.29. The second-order valence-corrected chi connectivity index (χ2v) is 7.29. The summed E-state index contributed by atoms with van der Waals surface area (Å²) >= 11 is 0. The third-order valence-corrected chi connectivity index (χ3v) is 5.09. The van der Waals surface area contributed by atoms with Crippen LogP contribution in [0.25, 0.3) is 34.2 Å². The predicted octanol–water partition coefficient (Wildman–Crippen LogP) is 5.10. The van der Waals surface area contributed by atoms with Crippen LogP contribution in [0.1, 0.15) is 11.3 Å². The molecule has 1 amide bonds.